The highest BCUT2D eigenvalue weighted by atomic mass is 35.5. The lowest BCUT2D eigenvalue weighted by Crippen LogP contribution is -2.16. The summed E-state index contributed by atoms with van der Waals surface area (Å²) >= 11 is 12.0. The first kappa shape index (κ1) is 21.2. The quantitative estimate of drug-likeness (QED) is 0.498. The molecule has 3 aromatic rings. The Labute approximate surface area is 178 Å². The summed E-state index contributed by atoms with van der Waals surface area (Å²) in [6.07, 6.45) is 2.04. The number of phenolic OH excluding ortho intramolecular Hbond substituents is 1. The van der Waals surface area contributed by atoms with Gasteiger partial charge in [0.15, 0.2) is 0 Å². The molecule has 0 saturated heterocycles. The second-order valence-electron chi connectivity index (χ2n) is 7.00. The van der Waals surface area contributed by atoms with Crippen LogP contribution in [-0.2, 0) is 4.79 Å². The molecule has 2 aromatic carbocycles. The average molecular weight is 434 g/mol. The van der Waals surface area contributed by atoms with Gasteiger partial charge in [-0.15, -0.1) is 0 Å². The van der Waals surface area contributed by atoms with Crippen molar-refractivity contribution < 1.29 is 19.8 Å². The van der Waals surface area contributed by atoms with E-state index in [1.54, 1.807) is 25.1 Å². The lowest BCUT2D eigenvalue weighted by Gasteiger charge is -2.14. The Hall–Kier alpha value is -2.50. The average Bonchev–Trinajstić information content (AvgIpc) is 2.95. The Morgan fingerprint density at radius 2 is 1.83 bits per heavy atom. The molecule has 2 N–H and O–H groups in total. The molecular formula is C22H21Cl2NO4. The van der Waals surface area contributed by atoms with Crippen molar-refractivity contribution in [2.75, 3.05) is 0 Å². The predicted molar refractivity (Wildman–Crippen MR) is 114 cm³/mol. The maximum Gasteiger partial charge on any atom is 0.311 e. The van der Waals surface area contributed by atoms with Crippen LogP contribution >= 0.6 is 23.2 Å². The third kappa shape index (κ3) is 3.98. The van der Waals surface area contributed by atoms with Gasteiger partial charge >= 0.3 is 5.97 Å². The standard InChI is InChI=1S/C22H21Cl2NO4/c1-3-4-5-15(22(28)29)20-12(2)25(19-9-7-14(26)11-16(19)20)21(27)13-6-8-17(23)18(24)10-13/h6-11,15,26H,3-5H2,1-2H3,(H,28,29). The molecule has 0 amide bonds. The molecule has 0 aliphatic carbocycles. The van der Waals surface area contributed by atoms with Gasteiger partial charge in [0.2, 0.25) is 0 Å². The molecule has 0 aliphatic heterocycles. The highest BCUT2D eigenvalue weighted by Crippen LogP contribution is 2.37. The van der Waals surface area contributed by atoms with E-state index < -0.39 is 11.9 Å². The molecule has 1 atom stereocenters. The van der Waals surface area contributed by atoms with Crippen LogP contribution in [-0.4, -0.2) is 26.7 Å². The van der Waals surface area contributed by atoms with Gasteiger partial charge in [-0.2, -0.15) is 0 Å². The van der Waals surface area contributed by atoms with Crippen molar-refractivity contribution >= 4 is 46.0 Å². The molecule has 152 valence electrons. The van der Waals surface area contributed by atoms with Crippen molar-refractivity contribution in [3.63, 3.8) is 0 Å². The first-order valence-electron chi connectivity index (χ1n) is 9.32. The Kier molecular flexibility index (Phi) is 6.20. The summed E-state index contributed by atoms with van der Waals surface area (Å²) in [5, 5.41) is 21.0. The van der Waals surface area contributed by atoms with Crippen LogP contribution in [0.5, 0.6) is 5.75 Å². The molecule has 1 unspecified atom stereocenters. The topological polar surface area (TPSA) is 79.5 Å². The zero-order valence-electron chi connectivity index (χ0n) is 16.1. The van der Waals surface area contributed by atoms with Crippen LogP contribution < -0.4 is 0 Å². The third-order valence-electron chi connectivity index (χ3n) is 5.10. The van der Waals surface area contributed by atoms with Crippen LogP contribution in [0.1, 0.15) is 53.7 Å². The van der Waals surface area contributed by atoms with Gasteiger partial charge in [0.1, 0.15) is 5.75 Å². The summed E-state index contributed by atoms with van der Waals surface area (Å²) in [4.78, 5) is 25.3. The molecule has 0 aliphatic rings. The summed E-state index contributed by atoms with van der Waals surface area (Å²) < 4.78 is 1.48. The largest absolute Gasteiger partial charge is 0.508 e. The smallest absolute Gasteiger partial charge is 0.311 e. The van der Waals surface area contributed by atoms with Crippen molar-refractivity contribution in [2.24, 2.45) is 0 Å². The molecule has 0 saturated carbocycles. The second-order valence-corrected chi connectivity index (χ2v) is 7.82. The molecule has 3 rings (SSSR count). The van der Waals surface area contributed by atoms with Gasteiger partial charge < -0.3 is 10.2 Å². The van der Waals surface area contributed by atoms with E-state index >= 15 is 0 Å². The van der Waals surface area contributed by atoms with Gasteiger partial charge in [-0.1, -0.05) is 43.0 Å². The number of carbonyl (C=O) groups excluding carboxylic acids is 1. The Bertz CT molecular complexity index is 1100. The highest BCUT2D eigenvalue weighted by Gasteiger charge is 2.29. The number of benzene rings is 2. The second kappa shape index (κ2) is 8.47. The van der Waals surface area contributed by atoms with Gasteiger partial charge in [-0.3, -0.25) is 14.2 Å². The zero-order valence-corrected chi connectivity index (χ0v) is 17.6. The third-order valence-corrected chi connectivity index (χ3v) is 5.84. The van der Waals surface area contributed by atoms with Gasteiger partial charge in [0.25, 0.3) is 5.91 Å². The van der Waals surface area contributed by atoms with Crippen molar-refractivity contribution in [1.82, 2.24) is 4.57 Å². The van der Waals surface area contributed by atoms with Gasteiger partial charge in [0.05, 0.1) is 21.5 Å². The molecule has 0 radical (unpaired) electrons. The maximum absolute atomic E-state index is 13.3. The SMILES string of the molecule is CCCCC(C(=O)O)c1c(C)n(C(=O)c2ccc(Cl)c(Cl)c2)c2ccc(O)cc12. The summed E-state index contributed by atoms with van der Waals surface area (Å²) in [5.41, 5.74) is 1.95. The number of hydrogen-bond acceptors (Lipinski definition) is 3. The number of carboxylic acid groups (broad SMARTS) is 1. The number of aliphatic carboxylic acids is 1. The van der Waals surface area contributed by atoms with Crippen molar-refractivity contribution in [2.45, 2.75) is 39.0 Å². The fraction of sp³-hybridized carbons (Fsp3) is 0.273. The molecule has 29 heavy (non-hydrogen) atoms. The predicted octanol–water partition coefficient (Wildman–Crippen LogP) is 6.01. The van der Waals surface area contributed by atoms with Crippen LogP contribution in [0, 0.1) is 6.92 Å². The van der Waals surface area contributed by atoms with Crippen molar-refractivity contribution in [1.29, 1.82) is 0 Å². The zero-order chi connectivity index (χ0) is 21.3. The summed E-state index contributed by atoms with van der Waals surface area (Å²) in [5.74, 6) is -2.06. The number of aromatic hydroxyl groups is 1. The van der Waals surface area contributed by atoms with Gasteiger partial charge in [-0.25, -0.2) is 0 Å². The van der Waals surface area contributed by atoms with E-state index in [2.05, 4.69) is 0 Å². The lowest BCUT2D eigenvalue weighted by molar-refractivity contribution is -0.139. The van der Waals surface area contributed by atoms with Crippen LogP contribution in [0.25, 0.3) is 10.9 Å². The minimum Gasteiger partial charge on any atom is -0.508 e. The van der Waals surface area contributed by atoms with E-state index in [4.69, 9.17) is 23.2 Å². The molecule has 1 aromatic heterocycles. The van der Waals surface area contributed by atoms with E-state index in [1.807, 2.05) is 6.92 Å². The minimum atomic E-state index is -0.953. The van der Waals surface area contributed by atoms with Crippen LogP contribution in [0.15, 0.2) is 36.4 Å². The Balaban J connectivity index is 2.25. The number of carbonyl (C=O) groups is 2. The van der Waals surface area contributed by atoms with Crippen LogP contribution in [0.4, 0.5) is 0 Å². The van der Waals surface area contributed by atoms with Gasteiger partial charge in [0, 0.05) is 16.6 Å². The fourth-order valence-electron chi connectivity index (χ4n) is 3.69. The van der Waals surface area contributed by atoms with E-state index in [0.717, 1.165) is 12.8 Å². The van der Waals surface area contributed by atoms with E-state index in [1.165, 1.54) is 22.8 Å². The number of carboxylic acids is 1. The Morgan fingerprint density at radius 1 is 1.10 bits per heavy atom. The molecule has 1 heterocycles. The fourth-order valence-corrected chi connectivity index (χ4v) is 3.99. The molecule has 0 fully saturated rings. The monoisotopic (exact) mass is 433 g/mol. The van der Waals surface area contributed by atoms with E-state index in [9.17, 15) is 19.8 Å². The first-order valence-corrected chi connectivity index (χ1v) is 10.1. The minimum absolute atomic E-state index is 0.0116. The number of halogens is 2. The number of rotatable bonds is 6. The number of phenols is 1. The maximum atomic E-state index is 13.3. The van der Waals surface area contributed by atoms with Crippen LogP contribution in [0.2, 0.25) is 10.0 Å². The molecule has 0 bridgehead atoms. The van der Waals surface area contributed by atoms with Gasteiger partial charge in [-0.05, 0) is 55.3 Å². The number of fused-ring (bicyclic) bond motifs is 1. The highest BCUT2D eigenvalue weighted by molar-refractivity contribution is 6.42. The number of unbranched alkanes of at least 4 members (excludes halogenated alkanes) is 1. The summed E-state index contributed by atoms with van der Waals surface area (Å²) in [6, 6.07) is 9.22. The lowest BCUT2D eigenvalue weighted by atomic mass is 9.91. The van der Waals surface area contributed by atoms with E-state index in [0.29, 0.717) is 39.2 Å². The molecule has 7 heteroatoms. The first-order chi connectivity index (χ1) is 13.8. The Morgan fingerprint density at radius 3 is 2.45 bits per heavy atom. The van der Waals surface area contributed by atoms with E-state index in [-0.39, 0.29) is 16.7 Å². The number of nitrogens with zero attached hydrogens (tertiary/aromatic N) is 1. The molecule has 0 spiro atoms. The number of aromatic nitrogens is 1. The van der Waals surface area contributed by atoms with Crippen molar-refractivity contribution in [3.05, 3.63) is 63.3 Å². The normalized spacial score (nSPS) is 12.3. The summed E-state index contributed by atoms with van der Waals surface area (Å²) in [6.45, 7) is 3.72. The van der Waals surface area contributed by atoms with Crippen LogP contribution in [0.3, 0.4) is 0 Å². The molecular weight excluding hydrogens is 413 g/mol. The molecule has 5 nitrogen and oxygen atoms in total. The summed E-state index contributed by atoms with van der Waals surface area (Å²) in [7, 11) is 0. The number of hydrogen-bond donors (Lipinski definition) is 2. The van der Waals surface area contributed by atoms with Crippen molar-refractivity contribution in [3.8, 4) is 5.75 Å².